The zero-order chi connectivity index (χ0) is 48.7. The van der Waals surface area contributed by atoms with Crippen molar-refractivity contribution in [2.24, 2.45) is 0 Å². The molecule has 0 fully saturated rings. The normalized spacial score (nSPS) is 11.6. The van der Waals surface area contributed by atoms with Crippen LogP contribution in [0.1, 0.15) is 273 Å². The van der Waals surface area contributed by atoms with Crippen LogP contribution in [0.25, 0.3) is 20.2 Å². The Hall–Kier alpha value is -2.58. The quantitative estimate of drug-likeness (QED) is 0.0412. The van der Waals surface area contributed by atoms with Crippen molar-refractivity contribution in [3.05, 3.63) is 12.1 Å². The number of hydrogen-bond donors (Lipinski definition) is 0. The highest BCUT2D eigenvalue weighted by molar-refractivity contribution is 7.38. The van der Waals surface area contributed by atoms with Crippen LogP contribution in [0, 0.1) is 0 Å². The molecule has 0 N–H and O–H groups in total. The Morgan fingerprint density at radius 1 is 0.279 bits per heavy atom. The van der Waals surface area contributed by atoms with Gasteiger partial charge in [-0.25, -0.2) is 0 Å². The van der Waals surface area contributed by atoms with Gasteiger partial charge in [0.1, 0.15) is 10.8 Å². The monoisotopic (exact) mass is 969 g/mol. The largest absolute Gasteiger partial charge is 0.590 e. The van der Waals surface area contributed by atoms with Gasteiger partial charge in [0.05, 0.1) is 39.6 Å². The predicted octanol–water partition coefficient (Wildman–Crippen LogP) is 20.2. The van der Waals surface area contributed by atoms with E-state index in [4.69, 9.17) is 28.4 Å². The molecule has 3 rings (SSSR count). The summed E-state index contributed by atoms with van der Waals surface area (Å²) in [5, 5.41) is 1.55. The number of benzene rings is 2. The number of unbranched alkanes of at least 4 members (excludes halogenated alkanes) is 30. The lowest BCUT2D eigenvalue weighted by atomic mass is 10.1. The molecule has 0 aliphatic carbocycles. The molecule has 0 bridgehead atoms. The lowest BCUT2D eigenvalue weighted by Crippen LogP contribution is -2.06. The molecule has 7 nitrogen and oxygen atoms in total. The van der Waals surface area contributed by atoms with E-state index >= 15 is 4.55 Å². The van der Waals surface area contributed by atoms with Crippen LogP contribution in [0.5, 0.6) is 34.5 Å². The maximum atomic E-state index is 15.6. The fourth-order valence-corrected chi connectivity index (χ4v) is 10.8. The Kier molecular flexibility index (Phi) is 35.2. The van der Waals surface area contributed by atoms with E-state index in [0.717, 1.165) is 87.8 Å². The summed E-state index contributed by atoms with van der Waals surface area (Å²) in [7, 11) is -1.63. The van der Waals surface area contributed by atoms with Crippen molar-refractivity contribution in [2.75, 3.05) is 39.6 Å². The Morgan fingerprint density at radius 2 is 0.485 bits per heavy atom. The first-order chi connectivity index (χ1) is 33.6. The van der Waals surface area contributed by atoms with Crippen LogP contribution in [0.3, 0.4) is 0 Å². The highest BCUT2D eigenvalue weighted by Crippen LogP contribution is 2.59. The highest BCUT2D eigenvalue weighted by atomic mass is 32.2. The lowest BCUT2D eigenvalue weighted by Gasteiger charge is -2.18. The van der Waals surface area contributed by atoms with Crippen LogP contribution in [0.4, 0.5) is 0 Å². The summed E-state index contributed by atoms with van der Waals surface area (Å²) in [5.41, 5.74) is 0. The summed E-state index contributed by atoms with van der Waals surface area (Å²) in [4.78, 5) is 0. The van der Waals surface area contributed by atoms with E-state index in [2.05, 4.69) is 41.5 Å². The second-order valence-corrected chi connectivity index (χ2v) is 21.1. The van der Waals surface area contributed by atoms with Gasteiger partial charge in [-0.05, 0) is 49.3 Å². The molecule has 0 amide bonds. The van der Waals surface area contributed by atoms with E-state index in [9.17, 15) is 0 Å². The molecule has 392 valence electrons. The van der Waals surface area contributed by atoms with Gasteiger partial charge < -0.3 is 33.0 Å². The fraction of sp³-hybridized carbons (Fsp3) is 0.800. The Balaban J connectivity index is 2.26. The molecule has 0 saturated heterocycles. The minimum absolute atomic E-state index is 0.551. The summed E-state index contributed by atoms with van der Waals surface area (Å²) < 4.78 is 58.0. The van der Waals surface area contributed by atoms with Crippen LogP contribution >= 0.6 is 10.8 Å². The first kappa shape index (κ1) is 59.7. The number of thiophene rings is 1. The SMILES string of the molecule is CCCCCCCCOc1cc(OCCCCCCCC)c2c(c1OCCCCCCCC)c1c(OCCCCCCCC)c(OCCCCCCCC)cc(OCCCCCCCC)c1[s+]2[O-]. The van der Waals surface area contributed by atoms with Crippen molar-refractivity contribution in [2.45, 2.75) is 273 Å². The van der Waals surface area contributed by atoms with Crippen LogP contribution < -0.4 is 28.4 Å². The summed E-state index contributed by atoms with van der Waals surface area (Å²) in [6.07, 6.45) is 42.1. The first-order valence-electron chi connectivity index (χ1n) is 29.2. The lowest BCUT2D eigenvalue weighted by molar-refractivity contribution is 0.256. The molecule has 0 aliphatic heterocycles. The van der Waals surface area contributed by atoms with Gasteiger partial charge in [0.15, 0.2) is 34.5 Å². The van der Waals surface area contributed by atoms with E-state index in [1.54, 1.807) is 0 Å². The molecule has 1 heterocycles. The van der Waals surface area contributed by atoms with Crippen molar-refractivity contribution >= 4 is 30.9 Å². The van der Waals surface area contributed by atoms with Crippen molar-refractivity contribution in [3.8, 4) is 34.5 Å². The molecule has 3 aromatic rings. The van der Waals surface area contributed by atoms with E-state index in [1.807, 2.05) is 12.1 Å². The number of rotatable bonds is 48. The zero-order valence-corrected chi connectivity index (χ0v) is 45.9. The van der Waals surface area contributed by atoms with Crippen molar-refractivity contribution in [3.63, 3.8) is 0 Å². The van der Waals surface area contributed by atoms with Crippen LogP contribution in [-0.2, 0) is 0 Å². The van der Waals surface area contributed by atoms with E-state index in [-0.39, 0.29) is 0 Å². The minimum Gasteiger partial charge on any atom is -0.590 e. The molecule has 0 radical (unpaired) electrons. The summed E-state index contributed by atoms with van der Waals surface area (Å²) in [6, 6.07) is 3.99. The highest BCUT2D eigenvalue weighted by Gasteiger charge is 2.34. The smallest absolute Gasteiger partial charge is 0.227 e. The standard InChI is InChI=1S/C60H104O7S/c1-7-13-19-25-31-37-43-62-51-49-53(64-45-39-33-27-21-15-9-3)59-55(57(51)66-47-41-35-29-23-17-11-5)56-58(67-48-42-36-30-24-18-12-6)52(63-44-38-32-26-20-14-8-2)50-54(60(56)68(59)61)65-46-40-34-28-22-16-10-4/h49-50H,7-48H2,1-6H3. The molecule has 2 aromatic carbocycles. The zero-order valence-electron chi connectivity index (χ0n) is 45.1. The third-order valence-corrected chi connectivity index (χ3v) is 15.0. The molecular weight excluding hydrogens is 865 g/mol. The number of fused-ring (bicyclic) bond motifs is 3. The molecule has 0 unspecified atom stereocenters. The van der Waals surface area contributed by atoms with Crippen LogP contribution in [0.15, 0.2) is 12.1 Å². The van der Waals surface area contributed by atoms with Gasteiger partial charge >= 0.3 is 0 Å². The van der Waals surface area contributed by atoms with E-state index in [0.29, 0.717) is 83.5 Å². The Bertz CT molecular complexity index is 1550. The maximum Gasteiger partial charge on any atom is 0.227 e. The molecule has 0 atom stereocenters. The van der Waals surface area contributed by atoms with Crippen molar-refractivity contribution in [1.29, 1.82) is 0 Å². The van der Waals surface area contributed by atoms with Crippen LogP contribution in [0.2, 0.25) is 0 Å². The number of ether oxygens (including phenoxy) is 6. The third kappa shape index (κ3) is 23.1. The van der Waals surface area contributed by atoms with E-state index in [1.165, 1.54) is 154 Å². The van der Waals surface area contributed by atoms with Gasteiger partial charge in [-0.15, -0.1) is 0 Å². The molecule has 0 saturated carbocycles. The number of hydrogen-bond acceptors (Lipinski definition) is 7. The molecule has 68 heavy (non-hydrogen) atoms. The van der Waals surface area contributed by atoms with Gasteiger partial charge in [0.2, 0.25) is 9.40 Å². The molecule has 1 aromatic heterocycles. The Morgan fingerprint density at radius 3 is 0.735 bits per heavy atom. The minimum atomic E-state index is -1.63. The van der Waals surface area contributed by atoms with E-state index < -0.39 is 10.8 Å². The average molecular weight is 970 g/mol. The second kappa shape index (κ2) is 40.1. The maximum absolute atomic E-state index is 15.6. The third-order valence-electron chi connectivity index (χ3n) is 13.5. The first-order valence-corrected chi connectivity index (χ1v) is 30.3. The van der Waals surface area contributed by atoms with Gasteiger partial charge in [-0.2, -0.15) is 0 Å². The van der Waals surface area contributed by atoms with Gasteiger partial charge in [0, 0.05) is 12.1 Å². The Labute approximate surface area is 421 Å². The molecule has 8 heteroatoms. The van der Waals surface area contributed by atoms with Crippen molar-refractivity contribution < 1.29 is 33.0 Å². The van der Waals surface area contributed by atoms with Gasteiger partial charge in [-0.1, -0.05) is 234 Å². The topological polar surface area (TPSA) is 78.4 Å². The average Bonchev–Trinajstić information content (AvgIpc) is 3.65. The van der Waals surface area contributed by atoms with Crippen molar-refractivity contribution in [1.82, 2.24) is 0 Å². The van der Waals surface area contributed by atoms with Gasteiger partial charge in [-0.3, -0.25) is 0 Å². The van der Waals surface area contributed by atoms with Crippen LogP contribution in [-0.4, -0.2) is 44.2 Å². The molecule has 0 spiro atoms. The predicted molar refractivity (Wildman–Crippen MR) is 293 cm³/mol. The second-order valence-electron chi connectivity index (χ2n) is 19.8. The molecular formula is C60H104O7S. The fourth-order valence-electron chi connectivity index (χ4n) is 9.21. The summed E-state index contributed by atoms with van der Waals surface area (Å²) in [5.74, 6) is 3.87. The summed E-state index contributed by atoms with van der Waals surface area (Å²) in [6.45, 7) is 17.0. The molecule has 0 aliphatic rings. The summed E-state index contributed by atoms with van der Waals surface area (Å²) >= 11 is 0. The van der Waals surface area contributed by atoms with Gasteiger partial charge in [0.25, 0.3) is 0 Å².